The maximum absolute atomic E-state index is 13.2. The summed E-state index contributed by atoms with van der Waals surface area (Å²) in [6, 6.07) is 16.6. The van der Waals surface area contributed by atoms with Crippen molar-refractivity contribution in [2.45, 2.75) is 19.4 Å². The van der Waals surface area contributed by atoms with Crippen molar-refractivity contribution in [1.29, 1.82) is 0 Å². The van der Waals surface area contributed by atoms with Gasteiger partial charge in [-0.2, -0.15) is 0 Å². The predicted octanol–water partition coefficient (Wildman–Crippen LogP) is 3.43. The molecule has 106 valence electrons. The molecule has 0 aliphatic rings. The van der Waals surface area contributed by atoms with E-state index >= 15 is 0 Å². The van der Waals surface area contributed by atoms with Crippen LogP contribution in [0.4, 0.5) is 4.39 Å². The van der Waals surface area contributed by atoms with Crippen LogP contribution < -0.4 is 10.1 Å². The Morgan fingerprint density at radius 1 is 1.10 bits per heavy atom. The van der Waals surface area contributed by atoms with Crippen LogP contribution in [0.3, 0.4) is 0 Å². The number of nitrogens with one attached hydrogen (secondary N) is 1. The molecule has 1 unspecified atom stereocenters. The zero-order valence-electron chi connectivity index (χ0n) is 11.7. The van der Waals surface area contributed by atoms with Crippen LogP contribution >= 0.6 is 0 Å². The average molecular weight is 273 g/mol. The molecule has 0 fully saturated rings. The first kappa shape index (κ1) is 14.5. The number of hydrogen-bond acceptors (Lipinski definition) is 2. The molecule has 0 saturated carbocycles. The van der Waals surface area contributed by atoms with Gasteiger partial charge < -0.3 is 10.1 Å². The first-order valence-electron chi connectivity index (χ1n) is 6.93. The molecule has 0 bridgehead atoms. The van der Waals surface area contributed by atoms with Gasteiger partial charge in [0, 0.05) is 6.04 Å². The minimum absolute atomic E-state index is 0.169. The molecule has 20 heavy (non-hydrogen) atoms. The standard InChI is InChI=1S/C17H20FNO/c1-2-19-16(12-14-7-6-8-15(18)11-14)13-20-17-9-4-3-5-10-17/h3-11,16,19H,2,12-13H2,1H3. The van der Waals surface area contributed by atoms with Crippen molar-refractivity contribution < 1.29 is 9.13 Å². The smallest absolute Gasteiger partial charge is 0.123 e. The maximum Gasteiger partial charge on any atom is 0.123 e. The minimum atomic E-state index is -0.193. The predicted molar refractivity (Wildman–Crippen MR) is 79.5 cm³/mol. The van der Waals surface area contributed by atoms with E-state index in [1.807, 2.05) is 36.4 Å². The van der Waals surface area contributed by atoms with Crippen molar-refractivity contribution in [1.82, 2.24) is 5.32 Å². The molecule has 0 aliphatic carbocycles. The Morgan fingerprint density at radius 2 is 1.90 bits per heavy atom. The van der Waals surface area contributed by atoms with Crippen LogP contribution in [0.2, 0.25) is 0 Å². The molecular weight excluding hydrogens is 253 g/mol. The molecule has 3 heteroatoms. The van der Waals surface area contributed by atoms with E-state index in [9.17, 15) is 4.39 Å². The van der Waals surface area contributed by atoms with E-state index in [2.05, 4.69) is 12.2 Å². The molecule has 1 atom stereocenters. The van der Waals surface area contributed by atoms with Crippen molar-refractivity contribution in [3.63, 3.8) is 0 Å². The third-order valence-electron chi connectivity index (χ3n) is 3.06. The van der Waals surface area contributed by atoms with Gasteiger partial charge in [-0.05, 0) is 42.8 Å². The van der Waals surface area contributed by atoms with Gasteiger partial charge in [-0.3, -0.25) is 0 Å². The molecule has 2 aromatic rings. The monoisotopic (exact) mass is 273 g/mol. The zero-order valence-corrected chi connectivity index (χ0v) is 11.7. The van der Waals surface area contributed by atoms with E-state index in [1.54, 1.807) is 12.1 Å². The lowest BCUT2D eigenvalue weighted by atomic mass is 10.1. The Labute approximate surface area is 119 Å². The van der Waals surface area contributed by atoms with E-state index in [0.29, 0.717) is 6.61 Å². The summed E-state index contributed by atoms with van der Waals surface area (Å²) in [6.45, 7) is 3.48. The highest BCUT2D eigenvalue weighted by molar-refractivity contribution is 5.21. The van der Waals surface area contributed by atoms with Crippen LogP contribution in [0, 0.1) is 5.82 Å². The number of hydrogen-bond donors (Lipinski definition) is 1. The average Bonchev–Trinajstić information content (AvgIpc) is 2.46. The first-order valence-corrected chi connectivity index (χ1v) is 6.93. The third-order valence-corrected chi connectivity index (χ3v) is 3.06. The largest absolute Gasteiger partial charge is 0.492 e. The molecular formula is C17H20FNO. The van der Waals surface area contributed by atoms with Crippen molar-refractivity contribution in [2.24, 2.45) is 0 Å². The molecule has 0 aromatic heterocycles. The maximum atomic E-state index is 13.2. The Balaban J connectivity index is 1.93. The topological polar surface area (TPSA) is 21.3 Å². The summed E-state index contributed by atoms with van der Waals surface area (Å²) in [5.74, 6) is 0.663. The highest BCUT2D eigenvalue weighted by Crippen LogP contribution is 2.11. The number of likely N-dealkylation sites (N-methyl/N-ethyl adjacent to an activating group) is 1. The van der Waals surface area contributed by atoms with Gasteiger partial charge in [0.15, 0.2) is 0 Å². The van der Waals surface area contributed by atoms with Gasteiger partial charge in [0.05, 0.1) is 0 Å². The van der Waals surface area contributed by atoms with E-state index < -0.39 is 0 Å². The number of rotatable bonds is 7. The summed E-state index contributed by atoms with van der Waals surface area (Å²) in [4.78, 5) is 0. The molecule has 0 amide bonds. The minimum Gasteiger partial charge on any atom is -0.492 e. The van der Waals surface area contributed by atoms with Crippen LogP contribution in [0.15, 0.2) is 54.6 Å². The van der Waals surface area contributed by atoms with Gasteiger partial charge in [-0.15, -0.1) is 0 Å². The van der Waals surface area contributed by atoms with Gasteiger partial charge >= 0.3 is 0 Å². The summed E-state index contributed by atoms with van der Waals surface area (Å²) in [6.07, 6.45) is 0.748. The molecule has 0 aliphatic heterocycles. The lowest BCUT2D eigenvalue weighted by molar-refractivity contribution is 0.265. The highest BCUT2D eigenvalue weighted by atomic mass is 19.1. The van der Waals surface area contributed by atoms with E-state index in [4.69, 9.17) is 4.74 Å². The second-order valence-electron chi connectivity index (χ2n) is 4.71. The second kappa shape index (κ2) is 7.65. The normalized spacial score (nSPS) is 12.1. The fourth-order valence-corrected chi connectivity index (χ4v) is 2.14. The number of para-hydroxylation sites is 1. The Morgan fingerprint density at radius 3 is 2.60 bits per heavy atom. The summed E-state index contributed by atoms with van der Waals surface area (Å²) in [7, 11) is 0. The van der Waals surface area contributed by atoms with Gasteiger partial charge in [-0.1, -0.05) is 37.3 Å². The van der Waals surface area contributed by atoms with Crippen molar-refractivity contribution in [3.05, 3.63) is 66.0 Å². The van der Waals surface area contributed by atoms with Crippen LogP contribution in [0.25, 0.3) is 0 Å². The van der Waals surface area contributed by atoms with E-state index in [-0.39, 0.29) is 11.9 Å². The third kappa shape index (κ3) is 4.67. The van der Waals surface area contributed by atoms with Crippen LogP contribution in [-0.4, -0.2) is 19.2 Å². The number of ether oxygens (including phenoxy) is 1. The summed E-state index contributed by atoms with van der Waals surface area (Å²) < 4.78 is 19.0. The quantitative estimate of drug-likeness (QED) is 0.834. The van der Waals surface area contributed by atoms with Crippen LogP contribution in [-0.2, 0) is 6.42 Å². The zero-order chi connectivity index (χ0) is 14.2. The van der Waals surface area contributed by atoms with Crippen molar-refractivity contribution in [2.75, 3.05) is 13.2 Å². The van der Waals surface area contributed by atoms with Gasteiger partial charge in [-0.25, -0.2) is 4.39 Å². The summed E-state index contributed by atoms with van der Waals surface area (Å²) >= 11 is 0. The molecule has 2 nitrogen and oxygen atoms in total. The van der Waals surface area contributed by atoms with E-state index in [1.165, 1.54) is 6.07 Å². The fraction of sp³-hybridized carbons (Fsp3) is 0.294. The highest BCUT2D eigenvalue weighted by Gasteiger charge is 2.10. The Hall–Kier alpha value is -1.87. The van der Waals surface area contributed by atoms with Gasteiger partial charge in [0.1, 0.15) is 18.2 Å². The molecule has 0 radical (unpaired) electrons. The molecule has 0 heterocycles. The number of halogens is 1. The molecule has 2 rings (SSSR count). The SMILES string of the molecule is CCNC(COc1ccccc1)Cc1cccc(F)c1. The van der Waals surface area contributed by atoms with Crippen molar-refractivity contribution >= 4 is 0 Å². The molecule has 1 N–H and O–H groups in total. The van der Waals surface area contributed by atoms with Crippen LogP contribution in [0.1, 0.15) is 12.5 Å². The lowest BCUT2D eigenvalue weighted by Gasteiger charge is -2.18. The second-order valence-corrected chi connectivity index (χ2v) is 4.71. The lowest BCUT2D eigenvalue weighted by Crippen LogP contribution is -2.36. The van der Waals surface area contributed by atoms with Crippen molar-refractivity contribution in [3.8, 4) is 5.75 Å². The van der Waals surface area contributed by atoms with Crippen LogP contribution in [0.5, 0.6) is 5.75 Å². The fourth-order valence-electron chi connectivity index (χ4n) is 2.14. The molecule has 0 saturated heterocycles. The Bertz CT molecular complexity index is 515. The van der Waals surface area contributed by atoms with E-state index in [0.717, 1.165) is 24.3 Å². The Kier molecular flexibility index (Phi) is 5.56. The number of benzene rings is 2. The molecule has 0 spiro atoms. The van der Waals surface area contributed by atoms with Gasteiger partial charge in [0.2, 0.25) is 0 Å². The summed E-state index contributed by atoms with van der Waals surface area (Å²) in [5, 5.41) is 3.37. The first-order chi connectivity index (χ1) is 9.78. The summed E-state index contributed by atoms with van der Waals surface area (Å²) in [5.41, 5.74) is 0.979. The van der Waals surface area contributed by atoms with Gasteiger partial charge in [0.25, 0.3) is 0 Å². The molecule has 2 aromatic carbocycles.